The Bertz CT molecular complexity index is 1530. The molecule has 0 unspecified atom stereocenters. The third-order valence-corrected chi connectivity index (χ3v) is 9.39. The summed E-state index contributed by atoms with van der Waals surface area (Å²) in [5.74, 6) is -0.665. The van der Waals surface area contributed by atoms with E-state index in [1.54, 1.807) is 58.9 Å². The summed E-state index contributed by atoms with van der Waals surface area (Å²) in [6.07, 6.45) is 6.58. The van der Waals surface area contributed by atoms with E-state index in [0.717, 1.165) is 25.7 Å². The SMILES string of the molecule is CC(C)(C)NS(=O)(=O)c1ccc(-c2oc(C(=O)NCCC(C)(C)C(=O)O)nc2CC2CCCCC2)c2ccccc12. The topological polar surface area (TPSA) is 139 Å². The second kappa shape index (κ2) is 11.9. The predicted molar refractivity (Wildman–Crippen MR) is 158 cm³/mol. The number of hydrogen-bond acceptors (Lipinski definition) is 6. The molecule has 41 heavy (non-hydrogen) atoms. The first-order chi connectivity index (χ1) is 19.2. The molecular formula is C31H41N3O6S. The van der Waals surface area contributed by atoms with Gasteiger partial charge in [0.1, 0.15) is 0 Å². The van der Waals surface area contributed by atoms with Gasteiger partial charge in [0.2, 0.25) is 10.0 Å². The minimum atomic E-state index is -3.82. The van der Waals surface area contributed by atoms with Gasteiger partial charge in [-0.2, -0.15) is 0 Å². The number of nitrogens with one attached hydrogen (secondary N) is 2. The van der Waals surface area contributed by atoms with E-state index in [4.69, 9.17) is 4.42 Å². The average Bonchev–Trinajstić information content (AvgIpc) is 3.30. The third kappa shape index (κ3) is 7.35. The number of fused-ring (bicyclic) bond motifs is 1. The maximum absolute atomic E-state index is 13.3. The Hall–Kier alpha value is -3.24. The highest BCUT2D eigenvalue weighted by Gasteiger charge is 2.29. The van der Waals surface area contributed by atoms with Gasteiger partial charge in [-0.25, -0.2) is 18.1 Å². The molecule has 0 spiro atoms. The molecule has 222 valence electrons. The highest BCUT2D eigenvalue weighted by molar-refractivity contribution is 7.89. The molecule has 0 atom stereocenters. The van der Waals surface area contributed by atoms with Crippen LogP contribution in [0.1, 0.15) is 89.5 Å². The molecule has 1 fully saturated rings. The van der Waals surface area contributed by atoms with Crippen LogP contribution in [0.4, 0.5) is 0 Å². The maximum atomic E-state index is 13.3. The summed E-state index contributed by atoms with van der Waals surface area (Å²) in [5.41, 5.74) is -0.302. The van der Waals surface area contributed by atoms with Gasteiger partial charge in [-0.05, 0) is 70.9 Å². The van der Waals surface area contributed by atoms with Gasteiger partial charge in [-0.15, -0.1) is 0 Å². The summed E-state index contributed by atoms with van der Waals surface area (Å²) in [5, 5.41) is 13.3. The molecule has 0 saturated heterocycles. The van der Waals surface area contributed by atoms with Crippen LogP contribution < -0.4 is 10.0 Å². The van der Waals surface area contributed by atoms with E-state index in [1.807, 2.05) is 12.1 Å². The molecule has 10 heteroatoms. The second-order valence-corrected chi connectivity index (χ2v) is 14.4. The van der Waals surface area contributed by atoms with Crippen LogP contribution in [0.3, 0.4) is 0 Å². The van der Waals surface area contributed by atoms with Crippen LogP contribution in [-0.4, -0.2) is 42.5 Å². The van der Waals surface area contributed by atoms with Gasteiger partial charge in [0, 0.05) is 23.0 Å². The van der Waals surface area contributed by atoms with Crippen molar-refractivity contribution in [1.29, 1.82) is 0 Å². The van der Waals surface area contributed by atoms with E-state index in [-0.39, 0.29) is 23.8 Å². The molecule has 0 aliphatic heterocycles. The van der Waals surface area contributed by atoms with E-state index in [1.165, 1.54) is 6.42 Å². The second-order valence-electron chi connectivity index (χ2n) is 12.7. The number of aromatic nitrogens is 1. The molecule has 1 aliphatic rings. The average molecular weight is 584 g/mol. The fourth-order valence-corrected chi connectivity index (χ4v) is 6.93. The first kappa shape index (κ1) is 30.7. The van der Waals surface area contributed by atoms with Crippen molar-refractivity contribution in [2.24, 2.45) is 11.3 Å². The van der Waals surface area contributed by atoms with Crippen LogP contribution >= 0.6 is 0 Å². The van der Waals surface area contributed by atoms with Crippen LogP contribution in [0.2, 0.25) is 0 Å². The lowest BCUT2D eigenvalue weighted by molar-refractivity contribution is -0.147. The fourth-order valence-electron chi connectivity index (χ4n) is 5.30. The first-order valence-electron chi connectivity index (χ1n) is 14.3. The summed E-state index contributed by atoms with van der Waals surface area (Å²) < 4.78 is 35.5. The number of nitrogens with zero attached hydrogens (tertiary/aromatic N) is 1. The van der Waals surface area contributed by atoms with Crippen molar-refractivity contribution in [3.8, 4) is 11.3 Å². The first-order valence-corrected chi connectivity index (χ1v) is 15.7. The Morgan fingerprint density at radius 3 is 2.29 bits per heavy atom. The molecule has 0 radical (unpaired) electrons. The number of carboxylic acids is 1. The van der Waals surface area contributed by atoms with Gasteiger partial charge >= 0.3 is 11.9 Å². The van der Waals surface area contributed by atoms with E-state index in [2.05, 4.69) is 15.0 Å². The van der Waals surface area contributed by atoms with Crippen LogP contribution in [-0.2, 0) is 21.2 Å². The highest BCUT2D eigenvalue weighted by atomic mass is 32.2. The van der Waals surface area contributed by atoms with Crippen molar-refractivity contribution in [3.05, 3.63) is 48.0 Å². The number of benzene rings is 2. The summed E-state index contributed by atoms with van der Waals surface area (Å²) in [7, 11) is -3.82. The van der Waals surface area contributed by atoms with Crippen molar-refractivity contribution < 1.29 is 27.5 Å². The van der Waals surface area contributed by atoms with E-state index >= 15 is 0 Å². The highest BCUT2D eigenvalue weighted by Crippen LogP contribution is 2.37. The van der Waals surface area contributed by atoms with E-state index in [0.29, 0.717) is 40.1 Å². The standard InChI is InChI=1S/C31H41N3O6S/c1-30(2,3)34-41(38,39)25-16-15-23(21-13-9-10-14-22(21)25)26-24(19-20-11-7-6-8-12-20)33-28(40-26)27(35)32-18-17-31(4,5)29(36)37/h9-10,13-16,20,34H,6-8,11-12,17-19H2,1-5H3,(H,32,35)(H,36,37). The molecule has 1 aliphatic carbocycles. The van der Waals surface area contributed by atoms with E-state index < -0.39 is 32.9 Å². The minimum absolute atomic E-state index is 0.0888. The lowest BCUT2D eigenvalue weighted by Gasteiger charge is -2.22. The van der Waals surface area contributed by atoms with Crippen molar-refractivity contribution >= 4 is 32.7 Å². The Labute approximate surface area is 242 Å². The fraction of sp³-hybridized carbons (Fsp3) is 0.516. The van der Waals surface area contributed by atoms with Crippen molar-refractivity contribution in [2.75, 3.05) is 6.54 Å². The number of sulfonamides is 1. The van der Waals surface area contributed by atoms with Gasteiger partial charge in [0.15, 0.2) is 5.76 Å². The molecule has 0 bridgehead atoms. The van der Waals surface area contributed by atoms with Crippen LogP contribution in [0.15, 0.2) is 45.7 Å². The normalized spacial score (nSPS) is 15.2. The lowest BCUT2D eigenvalue weighted by atomic mass is 9.85. The number of hydrogen-bond donors (Lipinski definition) is 3. The Balaban J connectivity index is 1.74. The zero-order valence-corrected chi connectivity index (χ0v) is 25.4. The van der Waals surface area contributed by atoms with Crippen LogP contribution in [0.5, 0.6) is 0 Å². The van der Waals surface area contributed by atoms with Gasteiger partial charge in [0.25, 0.3) is 5.89 Å². The van der Waals surface area contributed by atoms with Gasteiger partial charge in [0.05, 0.1) is 16.0 Å². The molecule has 4 rings (SSSR count). The Morgan fingerprint density at radius 2 is 1.66 bits per heavy atom. The maximum Gasteiger partial charge on any atom is 0.309 e. The van der Waals surface area contributed by atoms with Crippen LogP contribution in [0, 0.1) is 11.3 Å². The number of oxazole rings is 1. The number of aliphatic carboxylic acids is 1. The molecule has 3 N–H and O–H groups in total. The lowest BCUT2D eigenvalue weighted by Crippen LogP contribution is -2.40. The van der Waals surface area contributed by atoms with Crippen molar-refractivity contribution in [2.45, 2.75) is 90.0 Å². The Kier molecular flexibility index (Phi) is 8.94. The molecule has 1 saturated carbocycles. The molecule has 2 aromatic carbocycles. The number of carboxylic acid groups (broad SMARTS) is 1. The van der Waals surface area contributed by atoms with Gasteiger partial charge in [-0.3, -0.25) is 9.59 Å². The summed E-state index contributed by atoms with van der Waals surface area (Å²) in [6.45, 7) is 8.76. The number of rotatable bonds is 10. The number of carbonyl (C=O) groups is 2. The molecular weight excluding hydrogens is 542 g/mol. The minimum Gasteiger partial charge on any atom is -0.481 e. The predicted octanol–water partition coefficient (Wildman–Crippen LogP) is 5.93. The molecule has 3 aromatic rings. The molecule has 9 nitrogen and oxygen atoms in total. The summed E-state index contributed by atoms with van der Waals surface area (Å²) in [6, 6.07) is 10.6. The molecule has 1 amide bonds. The zero-order chi connectivity index (χ0) is 30.0. The van der Waals surface area contributed by atoms with Gasteiger partial charge in [-0.1, -0.05) is 56.4 Å². The van der Waals surface area contributed by atoms with Crippen molar-refractivity contribution in [3.63, 3.8) is 0 Å². The summed E-state index contributed by atoms with van der Waals surface area (Å²) in [4.78, 5) is 29.3. The molecule has 1 aromatic heterocycles. The Morgan fingerprint density at radius 1 is 1.00 bits per heavy atom. The third-order valence-electron chi connectivity index (χ3n) is 7.57. The van der Waals surface area contributed by atoms with Crippen LogP contribution in [0.25, 0.3) is 22.1 Å². The van der Waals surface area contributed by atoms with Crippen molar-refractivity contribution in [1.82, 2.24) is 15.0 Å². The largest absolute Gasteiger partial charge is 0.481 e. The zero-order valence-electron chi connectivity index (χ0n) is 24.5. The summed E-state index contributed by atoms with van der Waals surface area (Å²) >= 11 is 0. The quantitative estimate of drug-likeness (QED) is 0.269. The monoisotopic (exact) mass is 583 g/mol. The number of carbonyl (C=O) groups excluding carboxylic acids is 1. The number of amides is 1. The van der Waals surface area contributed by atoms with E-state index in [9.17, 15) is 23.1 Å². The smallest absolute Gasteiger partial charge is 0.309 e. The van der Waals surface area contributed by atoms with Gasteiger partial charge < -0.3 is 14.8 Å². The molecule has 1 heterocycles.